The number of furan rings is 1. The summed E-state index contributed by atoms with van der Waals surface area (Å²) < 4.78 is 5.28. The van der Waals surface area contributed by atoms with Crippen LogP contribution in [0.3, 0.4) is 0 Å². The molecule has 0 unspecified atom stereocenters. The van der Waals surface area contributed by atoms with E-state index in [0.717, 1.165) is 25.7 Å². The predicted octanol–water partition coefficient (Wildman–Crippen LogP) is 2.74. The van der Waals surface area contributed by atoms with Gasteiger partial charge < -0.3 is 15.1 Å². The number of aryl methyl sites for hydroxylation is 1. The Bertz CT molecular complexity index is 913. The Hall–Kier alpha value is -3.42. The molecular formula is C21H24N4O4. The van der Waals surface area contributed by atoms with Crippen molar-refractivity contribution in [2.45, 2.75) is 45.1 Å². The van der Waals surface area contributed by atoms with Gasteiger partial charge in [-0.05, 0) is 44.0 Å². The molecule has 0 bridgehead atoms. The van der Waals surface area contributed by atoms with Crippen LogP contribution < -0.4 is 16.1 Å². The second-order valence-electron chi connectivity index (χ2n) is 6.96. The van der Waals surface area contributed by atoms with E-state index in [4.69, 9.17) is 4.42 Å². The van der Waals surface area contributed by atoms with E-state index in [1.54, 1.807) is 43.3 Å². The first-order chi connectivity index (χ1) is 14.0. The van der Waals surface area contributed by atoms with Gasteiger partial charge in [-0.1, -0.05) is 31.4 Å². The van der Waals surface area contributed by atoms with E-state index in [1.165, 1.54) is 12.6 Å². The Kier molecular flexibility index (Phi) is 6.78. The zero-order chi connectivity index (χ0) is 20.6. The van der Waals surface area contributed by atoms with Crippen molar-refractivity contribution in [1.82, 2.24) is 10.7 Å². The van der Waals surface area contributed by atoms with Crippen LogP contribution in [-0.4, -0.2) is 30.0 Å². The minimum atomic E-state index is -0.952. The number of hydrogen-bond donors (Lipinski definition) is 3. The predicted molar refractivity (Wildman–Crippen MR) is 109 cm³/mol. The van der Waals surface area contributed by atoms with Gasteiger partial charge in [0.1, 0.15) is 11.5 Å². The van der Waals surface area contributed by atoms with Crippen molar-refractivity contribution in [1.29, 1.82) is 0 Å². The Morgan fingerprint density at radius 2 is 1.79 bits per heavy atom. The summed E-state index contributed by atoms with van der Waals surface area (Å²) in [5, 5.41) is 9.17. The van der Waals surface area contributed by atoms with Crippen LogP contribution in [-0.2, 0) is 9.59 Å². The summed E-state index contributed by atoms with van der Waals surface area (Å²) in [6.45, 7) is 1.78. The van der Waals surface area contributed by atoms with Crippen molar-refractivity contribution in [3.63, 3.8) is 0 Å². The van der Waals surface area contributed by atoms with Crippen molar-refractivity contribution >= 4 is 29.6 Å². The molecule has 0 atom stereocenters. The topological polar surface area (TPSA) is 113 Å². The van der Waals surface area contributed by atoms with Crippen LogP contribution in [0.5, 0.6) is 0 Å². The molecule has 152 valence electrons. The minimum absolute atomic E-state index is 0.142. The van der Waals surface area contributed by atoms with E-state index in [2.05, 4.69) is 21.2 Å². The van der Waals surface area contributed by atoms with E-state index in [1.807, 2.05) is 0 Å². The van der Waals surface area contributed by atoms with E-state index < -0.39 is 11.8 Å². The highest BCUT2D eigenvalue weighted by molar-refractivity contribution is 6.40. The van der Waals surface area contributed by atoms with Gasteiger partial charge >= 0.3 is 11.8 Å². The molecule has 3 N–H and O–H groups in total. The van der Waals surface area contributed by atoms with Crippen molar-refractivity contribution in [2.24, 2.45) is 5.10 Å². The van der Waals surface area contributed by atoms with E-state index in [9.17, 15) is 14.4 Å². The second kappa shape index (κ2) is 9.68. The zero-order valence-corrected chi connectivity index (χ0v) is 16.2. The molecule has 1 aromatic carbocycles. The largest absolute Gasteiger partial charge is 0.460 e. The number of nitrogens with zero attached hydrogens (tertiary/aromatic N) is 1. The molecule has 3 rings (SSSR count). The quantitative estimate of drug-likeness (QED) is 0.410. The first-order valence-corrected chi connectivity index (χ1v) is 9.63. The maximum absolute atomic E-state index is 12.6. The molecule has 0 radical (unpaired) electrons. The first kappa shape index (κ1) is 20.3. The molecule has 3 amide bonds. The normalized spacial score (nSPS) is 14.5. The summed E-state index contributed by atoms with van der Waals surface area (Å²) in [7, 11) is 0. The molecule has 0 saturated heterocycles. The number of amides is 3. The average molecular weight is 396 g/mol. The van der Waals surface area contributed by atoms with Crippen LogP contribution in [0.2, 0.25) is 0 Å². The molecule has 1 fully saturated rings. The van der Waals surface area contributed by atoms with Crippen LogP contribution in [0.1, 0.15) is 54.0 Å². The number of rotatable bonds is 5. The summed E-state index contributed by atoms with van der Waals surface area (Å²) >= 11 is 0. The monoisotopic (exact) mass is 396 g/mol. The van der Waals surface area contributed by atoms with Crippen LogP contribution in [0.15, 0.2) is 45.9 Å². The fourth-order valence-electron chi connectivity index (χ4n) is 3.21. The van der Waals surface area contributed by atoms with Crippen LogP contribution in [0.4, 0.5) is 5.69 Å². The molecule has 1 saturated carbocycles. The maximum atomic E-state index is 12.6. The van der Waals surface area contributed by atoms with Gasteiger partial charge in [0.15, 0.2) is 0 Å². The summed E-state index contributed by atoms with van der Waals surface area (Å²) in [5.74, 6) is -0.978. The van der Waals surface area contributed by atoms with E-state index >= 15 is 0 Å². The zero-order valence-electron chi connectivity index (χ0n) is 16.2. The molecule has 8 heteroatoms. The highest BCUT2D eigenvalue weighted by Gasteiger charge is 2.20. The lowest BCUT2D eigenvalue weighted by atomic mass is 9.95. The summed E-state index contributed by atoms with van der Waals surface area (Å²) in [6.07, 6.45) is 6.59. The van der Waals surface area contributed by atoms with Crippen molar-refractivity contribution in [3.8, 4) is 0 Å². The third kappa shape index (κ3) is 5.78. The second-order valence-corrected chi connectivity index (χ2v) is 6.96. The van der Waals surface area contributed by atoms with Gasteiger partial charge in [0.2, 0.25) is 0 Å². The third-order valence-electron chi connectivity index (χ3n) is 4.69. The van der Waals surface area contributed by atoms with Gasteiger partial charge in [0.25, 0.3) is 5.91 Å². The van der Waals surface area contributed by atoms with Gasteiger partial charge in [0, 0.05) is 6.04 Å². The Labute approximate surface area is 168 Å². The number of anilines is 1. The Balaban J connectivity index is 1.58. The van der Waals surface area contributed by atoms with Gasteiger partial charge in [0.05, 0.1) is 17.5 Å². The van der Waals surface area contributed by atoms with E-state index in [-0.39, 0.29) is 17.6 Å². The highest BCUT2D eigenvalue weighted by atomic mass is 16.3. The summed E-state index contributed by atoms with van der Waals surface area (Å²) in [6, 6.07) is 10.2. The third-order valence-corrected chi connectivity index (χ3v) is 4.69. The maximum Gasteiger partial charge on any atom is 0.329 e. The average Bonchev–Trinajstić information content (AvgIpc) is 3.14. The number of benzene rings is 1. The summed E-state index contributed by atoms with van der Waals surface area (Å²) in [4.78, 5) is 36.8. The lowest BCUT2D eigenvalue weighted by Gasteiger charge is -2.23. The highest BCUT2D eigenvalue weighted by Crippen LogP contribution is 2.20. The lowest BCUT2D eigenvalue weighted by molar-refractivity contribution is -0.136. The molecule has 0 aliphatic heterocycles. The van der Waals surface area contributed by atoms with Crippen molar-refractivity contribution in [3.05, 3.63) is 53.5 Å². The standard InChI is InChI=1S/C21H24N4O4/c1-14-11-12-16(29-14)13-22-25-21(28)20(27)24-18-10-6-5-9-17(18)19(26)23-15-7-3-2-4-8-15/h5-6,9-13,15H,2-4,7-8H2,1H3,(H,23,26)(H,24,27)(H,25,28)/b22-13-. The van der Waals surface area contributed by atoms with Gasteiger partial charge in [-0.25, -0.2) is 5.43 Å². The van der Waals surface area contributed by atoms with Gasteiger partial charge in [-0.3, -0.25) is 14.4 Å². The smallest absolute Gasteiger partial charge is 0.329 e. The van der Waals surface area contributed by atoms with Gasteiger partial charge in [-0.15, -0.1) is 0 Å². The number of carbonyl (C=O) groups is 3. The molecule has 2 aromatic rings. The molecule has 29 heavy (non-hydrogen) atoms. The fourth-order valence-corrected chi connectivity index (χ4v) is 3.21. The fraction of sp³-hybridized carbons (Fsp3) is 0.333. The number of hydrogen-bond acceptors (Lipinski definition) is 5. The van der Waals surface area contributed by atoms with Crippen LogP contribution >= 0.6 is 0 Å². The molecule has 1 heterocycles. The summed E-state index contributed by atoms with van der Waals surface area (Å²) in [5.41, 5.74) is 2.72. The number of hydrazone groups is 1. The molecule has 1 aliphatic carbocycles. The number of carbonyl (C=O) groups excluding carboxylic acids is 3. The van der Waals surface area contributed by atoms with Crippen LogP contribution in [0, 0.1) is 6.92 Å². The van der Waals surface area contributed by atoms with Crippen molar-refractivity contribution < 1.29 is 18.8 Å². The van der Waals surface area contributed by atoms with Crippen molar-refractivity contribution in [2.75, 3.05) is 5.32 Å². The molecular weight excluding hydrogens is 372 g/mol. The van der Waals surface area contributed by atoms with Gasteiger partial charge in [-0.2, -0.15) is 5.10 Å². The lowest BCUT2D eigenvalue weighted by Crippen LogP contribution is -2.37. The first-order valence-electron chi connectivity index (χ1n) is 9.63. The molecule has 8 nitrogen and oxygen atoms in total. The molecule has 1 aliphatic rings. The SMILES string of the molecule is Cc1ccc(/C=N\NC(=O)C(=O)Nc2ccccc2C(=O)NC2CCCCC2)o1. The molecule has 1 aromatic heterocycles. The minimum Gasteiger partial charge on any atom is -0.460 e. The Morgan fingerprint density at radius 1 is 1.03 bits per heavy atom. The number of para-hydroxylation sites is 1. The molecule has 0 spiro atoms. The van der Waals surface area contributed by atoms with E-state index in [0.29, 0.717) is 17.1 Å². The Morgan fingerprint density at radius 3 is 2.52 bits per heavy atom. The number of nitrogens with one attached hydrogen (secondary N) is 3. The van der Waals surface area contributed by atoms with Crippen LogP contribution in [0.25, 0.3) is 0 Å².